The van der Waals surface area contributed by atoms with Gasteiger partial charge in [-0.2, -0.15) is 12.6 Å². The van der Waals surface area contributed by atoms with E-state index in [1.54, 1.807) is 4.90 Å². The molecule has 0 atom stereocenters. The zero-order valence-corrected chi connectivity index (χ0v) is 8.61. The number of rotatable bonds is 2. The molecule has 0 aromatic carbocycles. The second-order valence-electron chi connectivity index (χ2n) is 3.97. The minimum absolute atomic E-state index is 0.0864. The maximum absolute atomic E-state index is 11.0. The third-order valence-electron chi connectivity index (χ3n) is 1.27. The zero-order valence-electron chi connectivity index (χ0n) is 7.72. The summed E-state index contributed by atoms with van der Waals surface area (Å²) in [5.74, 6) is 0.385. The first-order chi connectivity index (χ1) is 4.87. The highest BCUT2D eigenvalue weighted by atomic mass is 32.1. The molecule has 0 N–H and O–H groups in total. The molecule has 0 fully saturated rings. The number of thiol groups is 1. The summed E-state index contributed by atoms with van der Waals surface area (Å²) in [5, 5.41) is 0. The van der Waals surface area contributed by atoms with Crippen molar-refractivity contribution in [1.29, 1.82) is 0 Å². The van der Waals surface area contributed by atoms with Gasteiger partial charge in [-0.1, -0.05) is 20.8 Å². The van der Waals surface area contributed by atoms with Gasteiger partial charge in [0.15, 0.2) is 0 Å². The highest BCUT2D eigenvalue weighted by Gasteiger charge is 2.16. The SMILES string of the molecule is CN(CC(C)(C)C)C(=O)CS. The van der Waals surface area contributed by atoms with Crippen LogP contribution in [0.4, 0.5) is 0 Å². The number of nitrogens with zero attached hydrogens (tertiary/aromatic N) is 1. The third kappa shape index (κ3) is 5.13. The standard InChI is InChI=1S/C8H17NOS/c1-8(2,3)6-9(4)7(10)5-11/h11H,5-6H2,1-4H3. The smallest absolute Gasteiger partial charge is 0.232 e. The Morgan fingerprint density at radius 3 is 2.18 bits per heavy atom. The van der Waals surface area contributed by atoms with Gasteiger partial charge in [0.1, 0.15) is 0 Å². The monoisotopic (exact) mass is 175 g/mol. The van der Waals surface area contributed by atoms with Gasteiger partial charge >= 0.3 is 0 Å². The fourth-order valence-electron chi connectivity index (χ4n) is 0.920. The van der Waals surface area contributed by atoms with E-state index in [-0.39, 0.29) is 11.3 Å². The van der Waals surface area contributed by atoms with E-state index in [1.165, 1.54) is 0 Å². The molecule has 0 rings (SSSR count). The van der Waals surface area contributed by atoms with Crippen LogP contribution in [-0.4, -0.2) is 30.2 Å². The van der Waals surface area contributed by atoms with Crippen LogP contribution in [0.1, 0.15) is 20.8 Å². The van der Waals surface area contributed by atoms with E-state index in [9.17, 15) is 4.79 Å². The summed E-state index contributed by atoms with van der Waals surface area (Å²) in [6.07, 6.45) is 0. The molecule has 11 heavy (non-hydrogen) atoms. The van der Waals surface area contributed by atoms with Crippen molar-refractivity contribution >= 4 is 18.5 Å². The van der Waals surface area contributed by atoms with Crippen LogP contribution >= 0.6 is 12.6 Å². The quantitative estimate of drug-likeness (QED) is 0.629. The molecule has 0 radical (unpaired) electrons. The van der Waals surface area contributed by atoms with Crippen molar-refractivity contribution in [3.05, 3.63) is 0 Å². The van der Waals surface area contributed by atoms with Crippen molar-refractivity contribution in [2.75, 3.05) is 19.3 Å². The lowest BCUT2D eigenvalue weighted by atomic mass is 9.96. The molecule has 0 aromatic rings. The van der Waals surface area contributed by atoms with E-state index < -0.39 is 0 Å². The van der Waals surface area contributed by atoms with Crippen LogP contribution in [0.5, 0.6) is 0 Å². The van der Waals surface area contributed by atoms with Crippen molar-refractivity contribution in [2.45, 2.75) is 20.8 Å². The van der Waals surface area contributed by atoms with Crippen LogP contribution in [-0.2, 0) is 4.79 Å². The number of carbonyl (C=O) groups excluding carboxylic acids is 1. The van der Waals surface area contributed by atoms with E-state index in [0.717, 1.165) is 6.54 Å². The summed E-state index contributed by atoms with van der Waals surface area (Å²) < 4.78 is 0. The fraction of sp³-hybridized carbons (Fsp3) is 0.875. The van der Waals surface area contributed by atoms with Crippen molar-refractivity contribution in [3.63, 3.8) is 0 Å². The average molecular weight is 175 g/mol. The predicted molar refractivity (Wildman–Crippen MR) is 50.9 cm³/mol. The Labute approximate surface area is 74.4 Å². The topological polar surface area (TPSA) is 20.3 Å². The lowest BCUT2D eigenvalue weighted by Crippen LogP contribution is -2.35. The molecule has 0 unspecified atom stereocenters. The van der Waals surface area contributed by atoms with Gasteiger partial charge in [0.05, 0.1) is 5.75 Å². The Kier molecular flexibility index (Phi) is 3.93. The minimum atomic E-state index is 0.0864. The normalized spacial score (nSPS) is 11.4. The number of hydrogen-bond donors (Lipinski definition) is 1. The van der Waals surface area contributed by atoms with Crippen molar-refractivity contribution in [1.82, 2.24) is 4.90 Å². The van der Waals surface area contributed by atoms with Gasteiger partial charge in [0, 0.05) is 13.6 Å². The Hall–Kier alpha value is -0.180. The molecule has 0 saturated heterocycles. The molecule has 0 bridgehead atoms. The average Bonchev–Trinajstić information content (AvgIpc) is 1.82. The van der Waals surface area contributed by atoms with Crippen molar-refractivity contribution in [3.8, 4) is 0 Å². The fourth-order valence-corrected chi connectivity index (χ4v) is 1.16. The first-order valence-electron chi connectivity index (χ1n) is 3.71. The number of amides is 1. The van der Waals surface area contributed by atoms with Gasteiger partial charge in [0.2, 0.25) is 5.91 Å². The van der Waals surface area contributed by atoms with Gasteiger partial charge in [-0.25, -0.2) is 0 Å². The van der Waals surface area contributed by atoms with Crippen LogP contribution in [0.2, 0.25) is 0 Å². The largest absolute Gasteiger partial charge is 0.345 e. The summed E-state index contributed by atoms with van der Waals surface area (Å²) in [7, 11) is 1.81. The van der Waals surface area contributed by atoms with E-state index in [4.69, 9.17) is 0 Å². The van der Waals surface area contributed by atoms with E-state index >= 15 is 0 Å². The van der Waals surface area contributed by atoms with Crippen LogP contribution in [0.25, 0.3) is 0 Å². The molecule has 1 amide bonds. The molecule has 66 valence electrons. The first kappa shape index (κ1) is 10.8. The second kappa shape index (κ2) is 4.00. The highest BCUT2D eigenvalue weighted by molar-refractivity contribution is 7.81. The zero-order chi connectivity index (χ0) is 9.07. The Balaban J connectivity index is 3.87. The third-order valence-corrected chi connectivity index (χ3v) is 1.54. The molecule has 0 aliphatic rings. The van der Waals surface area contributed by atoms with Gasteiger partial charge in [-0.05, 0) is 5.41 Å². The van der Waals surface area contributed by atoms with E-state index in [1.807, 2.05) is 7.05 Å². The van der Waals surface area contributed by atoms with Gasteiger partial charge in [-0.3, -0.25) is 4.79 Å². The van der Waals surface area contributed by atoms with Gasteiger partial charge < -0.3 is 4.90 Å². The Bertz CT molecular complexity index is 140. The van der Waals surface area contributed by atoms with Crippen molar-refractivity contribution < 1.29 is 4.79 Å². The van der Waals surface area contributed by atoms with Gasteiger partial charge in [0.25, 0.3) is 0 Å². The highest BCUT2D eigenvalue weighted by Crippen LogP contribution is 2.13. The molecule has 0 saturated carbocycles. The number of carbonyl (C=O) groups is 1. The molecule has 3 heteroatoms. The van der Waals surface area contributed by atoms with Crippen LogP contribution in [0.3, 0.4) is 0 Å². The van der Waals surface area contributed by atoms with Crippen LogP contribution in [0, 0.1) is 5.41 Å². The molecular weight excluding hydrogens is 158 g/mol. The Morgan fingerprint density at radius 1 is 1.45 bits per heavy atom. The second-order valence-corrected chi connectivity index (χ2v) is 4.28. The van der Waals surface area contributed by atoms with E-state index in [2.05, 4.69) is 33.4 Å². The molecule has 0 heterocycles. The molecule has 0 aliphatic carbocycles. The van der Waals surface area contributed by atoms with Crippen molar-refractivity contribution in [2.24, 2.45) is 5.41 Å². The lowest BCUT2D eigenvalue weighted by Gasteiger charge is -2.26. The summed E-state index contributed by atoms with van der Waals surface area (Å²) >= 11 is 3.91. The number of hydrogen-bond acceptors (Lipinski definition) is 2. The molecule has 0 aliphatic heterocycles. The minimum Gasteiger partial charge on any atom is -0.345 e. The van der Waals surface area contributed by atoms with E-state index in [0.29, 0.717) is 5.75 Å². The maximum Gasteiger partial charge on any atom is 0.232 e. The molecular formula is C8H17NOS. The molecule has 2 nitrogen and oxygen atoms in total. The summed E-state index contributed by atoms with van der Waals surface area (Å²) in [6, 6.07) is 0. The summed E-state index contributed by atoms with van der Waals surface area (Å²) in [6.45, 7) is 7.10. The summed E-state index contributed by atoms with van der Waals surface area (Å²) in [5.41, 5.74) is 0.174. The van der Waals surface area contributed by atoms with Gasteiger partial charge in [-0.15, -0.1) is 0 Å². The maximum atomic E-state index is 11.0. The lowest BCUT2D eigenvalue weighted by molar-refractivity contribution is -0.128. The first-order valence-corrected chi connectivity index (χ1v) is 4.35. The van der Waals surface area contributed by atoms with Crippen LogP contribution in [0.15, 0.2) is 0 Å². The van der Waals surface area contributed by atoms with Crippen LogP contribution < -0.4 is 0 Å². The summed E-state index contributed by atoms with van der Waals surface area (Å²) in [4.78, 5) is 12.8. The molecule has 0 spiro atoms. The Morgan fingerprint density at radius 2 is 1.91 bits per heavy atom. The predicted octanol–water partition coefficient (Wildman–Crippen LogP) is 1.42. The molecule has 0 aromatic heterocycles.